The fraction of sp³-hybridized carbons (Fsp3) is 0.538. The third-order valence-electron chi connectivity index (χ3n) is 2.99. The van der Waals surface area contributed by atoms with Crippen molar-refractivity contribution in [3.05, 3.63) is 35.9 Å². The molecular weight excluding hydrogens is 268 g/mol. The molecule has 0 aliphatic carbocycles. The van der Waals surface area contributed by atoms with Crippen LogP contribution in [-0.2, 0) is 15.3 Å². The highest BCUT2D eigenvalue weighted by Crippen LogP contribution is 2.45. The standard InChI is InChI=1S/C13H18O3S2/c1-2-17-13(9-6-10-18(15)16-13)12(14)11-7-4-3-5-8-11/h3-5,7-8,12,14H,2,6,9-10H2,1H3/t12?,13-,18-/m0/s1. The van der Waals surface area contributed by atoms with E-state index >= 15 is 0 Å². The molecule has 1 unspecified atom stereocenters. The molecule has 1 aliphatic heterocycles. The van der Waals surface area contributed by atoms with Crippen molar-refractivity contribution in [3.8, 4) is 0 Å². The third kappa shape index (κ3) is 2.96. The van der Waals surface area contributed by atoms with Gasteiger partial charge in [-0.05, 0) is 24.2 Å². The lowest BCUT2D eigenvalue weighted by Crippen LogP contribution is -2.41. The number of rotatable bonds is 4. The number of hydrogen-bond acceptors (Lipinski definition) is 4. The van der Waals surface area contributed by atoms with Gasteiger partial charge in [0.2, 0.25) is 0 Å². The average Bonchev–Trinajstić information content (AvgIpc) is 2.39. The summed E-state index contributed by atoms with van der Waals surface area (Å²) in [4.78, 5) is -0.765. The lowest BCUT2D eigenvalue weighted by atomic mass is 10.0. The van der Waals surface area contributed by atoms with Crippen molar-refractivity contribution in [1.29, 1.82) is 0 Å². The molecule has 2 rings (SSSR count). The maximum atomic E-state index is 11.7. The number of aliphatic hydroxyl groups excluding tert-OH is 1. The number of thioether (sulfide) groups is 1. The van der Waals surface area contributed by atoms with E-state index in [-0.39, 0.29) is 0 Å². The molecule has 1 saturated heterocycles. The van der Waals surface area contributed by atoms with Crippen LogP contribution in [-0.4, -0.2) is 25.8 Å². The van der Waals surface area contributed by atoms with Crippen LogP contribution in [0.15, 0.2) is 30.3 Å². The van der Waals surface area contributed by atoms with E-state index in [0.717, 1.165) is 24.2 Å². The second-order valence-corrected chi connectivity index (χ2v) is 6.99. The zero-order valence-corrected chi connectivity index (χ0v) is 12.0. The van der Waals surface area contributed by atoms with Gasteiger partial charge in [-0.1, -0.05) is 37.3 Å². The molecular formula is C13H18O3S2. The Bertz CT molecular complexity index is 406. The van der Waals surface area contributed by atoms with Crippen molar-refractivity contribution >= 4 is 22.8 Å². The Labute approximate surface area is 115 Å². The minimum atomic E-state index is -1.29. The fourth-order valence-corrected chi connectivity index (χ4v) is 4.61. The summed E-state index contributed by atoms with van der Waals surface area (Å²) in [6.07, 6.45) is 0.810. The van der Waals surface area contributed by atoms with Crippen molar-refractivity contribution in [1.82, 2.24) is 0 Å². The molecule has 0 aromatic heterocycles. The zero-order chi connectivity index (χ0) is 13.0. The van der Waals surface area contributed by atoms with Crippen molar-refractivity contribution in [2.75, 3.05) is 11.5 Å². The Morgan fingerprint density at radius 2 is 2.22 bits per heavy atom. The predicted molar refractivity (Wildman–Crippen MR) is 75.6 cm³/mol. The van der Waals surface area contributed by atoms with Gasteiger partial charge >= 0.3 is 0 Å². The molecule has 1 aromatic carbocycles. The van der Waals surface area contributed by atoms with E-state index in [2.05, 4.69) is 0 Å². The lowest BCUT2D eigenvalue weighted by Gasteiger charge is -2.39. The molecule has 1 heterocycles. The molecule has 0 amide bonds. The van der Waals surface area contributed by atoms with E-state index in [9.17, 15) is 9.32 Å². The van der Waals surface area contributed by atoms with E-state index in [1.807, 2.05) is 37.3 Å². The van der Waals surface area contributed by atoms with Crippen LogP contribution in [0.25, 0.3) is 0 Å². The van der Waals surface area contributed by atoms with Gasteiger partial charge in [0.25, 0.3) is 0 Å². The summed E-state index contributed by atoms with van der Waals surface area (Å²) in [7, 11) is 0. The first-order chi connectivity index (χ1) is 8.68. The first-order valence-corrected chi connectivity index (χ1v) is 8.36. The minimum Gasteiger partial charge on any atom is -0.384 e. The van der Waals surface area contributed by atoms with E-state index < -0.39 is 22.1 Å². The number of benzene rings is 1. The van der Waals surface area contributed by atoms with Crippen molar-refractivity contribution < 1.29 is 13.5 Å². The van der Waals surface area contributed by atoms with Gasteiger partial charge in [0.1, 0.15) is 6.10 Å². The van der Waals surface area contributed by atoms with Gasteiger partial charge < -0.3 is 5.11 Å². The Kier molecular flexibility index (Phi) is 4.84. The van der Waals surface area contributed by atoms with Gasteiger partial charge in [0.05, 0.1) is 0 Å². The van der Waals surface area contributed by atoms with Crippen LogP contribution in [0, 0.1) is 0 Å². The maximum Gasteiger partial charge on any atom is 0.160 e. The van der Waals surface area contributed by atoms with Gasteiger partial charge in [0.15, 0.2) is 16.0 Å². The van der Waals surface area contributed by atoms with Gasteiger partial charge in [-0.15, -0.1) is 11.8 Å². The van der Waals surface area contributed by atoms with E-state index in [4.69, 9.17) is 4.18 Å². The van der Waals surface area contributed by atoms with E-state index in [1.54, 1.807) is 11.8 Å². The first-order valence-electron chi connectivity index (χ1n) is 6.13. The SMILES string of the molecule is CCS[C@]1(C(O)c2ccccc2)CCC[S@@](=O)O1. The summed E-state index contributed by atoms with van der Waals surface area (Å²) < 4.78 is 17.3. The van der Waals surface area contributed by atoms with Crippen molar-refractivity contribution in [2.45, 2.75) is 30.8 Å². The highest BCUT2D eigenvalue weighted by Gasteiger charge is 2.44. The Morgan fingerprint density at radius 1 is 1.50 bits per heavy atom. The Morgan fingerprint density at radius 3 is 2.83 bits per heavy atom. The summed E-state index contributed by atoms with van der Waals surface area (Å²) >= 11 is 0.255. The molecule has 100 valence electrons. The largest absolute Gasteiger partial charge is 0.384 e. The van der Waals surface area contributed by atoms with Gasteiger partial charge in [-0.25, -0.2) is 4.21 Å². The smallest absolute Gasteiger partial charge is 0.160 e. The van der Waals surface area contributed by atoms with Crippen LogP contribution in [0.4, 0.5) is 0 Å². The molecule has 3 atom stereocenters. The van der Waals surface area contributed by atoms with Crippen LogP contribution in [0.2, 0.25) is 0 Å². The molecule has 0 radical (unpaired) electrons. The first kappa shape index (κ1) is 14.1. The van der Waals surface area contributed by atoms with Crippen molar-refractivity contribution in [3.63, 3.8) is 0 Å². The van der Waals surface area contributed by atoms with Crippen LogP contribution in [0.1, 0.15) is 31.4 Å². The van der Waals surface area contributed by atoms with Crippen LogP contribution >= 0.6 is 11.8 Å². The highest BCUT2D eigenvalue weighted by atomic mass is 32.2. The quantitative estimate of drug-likeness (QED) is 0.924. The minimum absolute atomic E-state index is 0.563. The molecule has 1 aliphatic rings. The van der Waals surface area contributed by atoms with E-state index in [1.165, 1.54) is 0 Å². The number of hydrogen-bond donors (Lipinski definition) is 1. The zero-order valence-electron chi connectivity index (χ0n) is 10.4. The molecule has 18 heavy (non-hydrogen) atoms. The second kappa shape index (κ2) is 6.19. The van der Waals surface area contributed by atoms with Crippen LogP contribution in [0.3, 0.4) is 0 Å². The summed E-state index contributed by atoms with van der Waals surface area (Å²) in [5, 5.41) is 10.6. The van der Waals surface area contributed by atoms with E-state index in [0.29, 0.717) is 5.75 Å². The monoisotopic (exact) mass is 286 g/mol. The van der Waals surface area contributed by atoms with Crippen LogP contribution < -0.4 is 0 Å². The summed E-state index contributed by atoms with van der Waals surface area (Å²) in [5.74, 6) is 1.38. The molecule has 1 fully saturated rings. The number of aliphatic hydroxyl groups is 1. The maximum absolute atomic E-state index is 11.7. The van der Waals surface area contributed by atoms with Crippen LogP contribution in [0.5, 0.6) is 0 Å². The Balaban J connectivity index is 2.26. The molecule has 5 heteroatoms. The molecule has 0 saturated carbocycles. The van der Waals surface area contributed by atoms with Gasteiger partial charge in [-0.2, -0.15) is 0 Å². The van der Waals surface area contributed by atoms with Gasteiger partial charge in [0, 0.05) is 5.75 Å². The topological polar surface area (TPSA) is 46.5 Å². The normalized spacial score (nSPS) is 30.0. The highest BCUT2D eigenvalue weighted by molar-refractivity contribution is 8.00. The molecule has 1 N–H and O–H groups in total. The summed E-state index contributed by atoms with van der Waals surface area (Å²) in [6, 6.07) is 9.45. The average molecular weight is 286 g/mol. The predicted octanol–water partition coefficient (Wildman–Crippen LogP) is 2.64. The van der Waals surface area contributed by atoms with Crippen molar-refractivity contribution in [2.24, 2.45) is 0 Å². The lowest BCUT2D eigenvalue weighted by molar-refractivity contribution is 0.00713. The summed E-state index contributed by atoms with van der Waals surface area (Å²) in [6.45, 7) is 2.02. The third-order valence-corrected chi connectivity index (χ3v) is 5.49. The van der Waals surface area contributed by atoms with Gasteiger partial charge in [-0.3, -0.25) is 4.18 Å². The molecule has 0 spiro atoms. The Hall–Kier alpha value is -0.360. The fourth-order valence-electron chi connectivity index (χ4n) is 2.17. The molecule has 1 aromatic rings. The summed E-state index contributed by atoms with van der Waals surface area (Å²) in [5.41, 5.74) is 0.817. The molecule has 0 bridgehead atoms. The second-order valence-electron chi connectivity index (χ2n) is 4.25. The molecule has 3 nitrogen and oxygen atoms in total.